The van der Waals surface area contributed by atoms with Crippen molar-refractivity contribution in [3.63, 3.8) is 0 Å². The fraction of sp³-hybridized carbons (Fsp3) is 0.778. The van der Waals surface area contributed by atoms with Crippen LogP contribution in [0.4, 0.5) is 0 Å². The minimum Gasteiger partial charge on any atom is -0.512 e. The molecule has 2 heteroatoms. The van der Waals surface area contributed by atoms with Crippen molar-refractivity contribution in [1.82, 2.24) is 0 Å². The van der Waals surface area contributed by atoms with E-state index in [4.69, 9.17) is 0 Å². The quantitative estimate of drug-likeness (QED) is 0.575. The molecular weight excluding hydrogens is 248 g/mol. The van der Waals surface area contributed by atoms with E-state index in [1.165, 1.54) is 5.57 Å². The van der Waals surface area contributed by atoms with E-state index in [0.29, 0.717) is 29.4 Å². The van der Waals surface area contributed by atoms with E-state index in [9.17, 15) is 10.2 Å². The molecule has 0 aromatic heterocycles. The van der Waals surface area contributed by atoms with E-state index >= 15 is 0 Å². The molecule has 0 spiro atoms. The van der Waals surface area contributed by atoms with Gasteiger partial charge in [-0.15, -0.1) is 0 Å². The fourth-order valence-corrected chi connectivity index (χ4v) is 4.69. The van der Waals surface area contributed by atoms with Crippen LogP contribution in [0.5, 0.6) is 0 Å². The van der Waals surface area contributed by atoms with Gasteiger partial charge in [0, 0.05) is 5.92 Å². The predicted octanol–water partition coefficient (Wildman–Crippen LogP) is 4.46. The van der Waals surface area contributed by atoms with Gasteiger partial charge in [0.15, 0.2) is 0 Å². The number of fused-ring (bicyclic) bond motifs is 1. The summed E-state index contributed by atoms with van der Waals surface area (Å²) in [5, 5.41) is 20.4. The van der Waals surface area contributed by atoms with Crippen LogP contribution < -0.4 is 0 Å². The van der Waals surface area contributed by atoms with Crippen LogP contribution in [0.25, 0.3) is 0 Å². The summed E-state index contributed by atoms with van der Waals surface area (Å²) < 4.78 is 0. The van der Waals surface area contributed by atoms with E-state index in [0.717, 1.165) is 32.1 Å². The SMILES string of the molecule is C=C1C[C@H]2C[C@@H](O)[C@H](C(CC)CC(C)/C(O)=C/C)[C@@H]2C1. The highest BCUT2D eigenvalue weighted by Crippen LogP contribution is 2.53. The summed E-state index contributed by atoms with van der Waals surface area (Å²) in [7, 11) is 0. The Morgan fingerprint density at radius 3 is 2.75 bits per heavy atom. The van der Waals surface area contributed by atoms with Crippen LogP contribution in [0.2, 0.25) is 0 Å². The number of hydrogen-bond donors (Lipinski definition) is 2. The summed E-state index contributed by atoms with van der Waals surface area (Å²) in [6.07, 6.45) is 6.88. The number of rotatable bonds is 5. The Labute approximate surface area is 123 Å². The van der Waals surface area contributed by atoms with Crippen LogP contribution in [0.1, 0.15) is 52.9 Å². The maximum absolute atomic E-state index is 10.5. The van der Waals surface area contributed by atoms with Gasteiger partial charge in [0.1, 0.15) is 0 Å². The second-order valence-corrected chi connectivity index (χ2v) is 6.98. The third-order valence-electron chi connectivity index (χ3n) is 5.69. The van der Waals surface area contributed by atoms with Crippen LogP contribution >= 0.6 is 0 Å². The lowest BCUT2D eigenvalue weighted by Crippen LogP contribution is -2.29. The van der Waals surface area contributed by atoms with E-state index in [1.54, 1.807) is 6.08 Å². The highest BCUT2D eigenvalue weighted by atomic mass is 16.3. The van der Waals surface area contributed by atoms with Gasteiger partial charge < -0.3 is 10.2 Å². The van der Waals surface area contributed by atoms with E-state index in [2.05, 4.69) is 20.4 Å². The standard InChI is InChI=1S/C18H30O2/c1-5-13(9-12(4)16(19)6-2)18-15-8-11(3)7-14(15)10-17(18)20/h6,12-15,17-20H,3,5,7-10H2,1-2,4H3/b16-6-/t12?,13?,14-,15+,17+,18+/m0/s1. The second kappa shape index (κ2) is 6.34. The van der Waals surface area contributed by atoms with Crippen molar-refractivity contribution in [3.05, 3.63) is 24.0 Å². The molecule has 2 saturated carbocycles. The summed E-state index contributed by atoms with van der Waals surface area (Å²) in [5.41, 5.74) is 1.37. The van der Waals surface area contributed by atoms with Gasteiger partial charge in [-0.05, 0) is 62.4 Å². The Bertz CT molecular complexity index is 385. The summed E-state index contributed by atoms with van der Waals surface area (Å²) in [5.74, 6) is 2.87. The molecule has 2 fully saturated rings. The van der Waals surface area contributed by atoms with E-state index in [-0.39, 0.29) is 12.0 Å². The van der Waals surface area contributed by atoms with Gasteiger partial charge in [0.25, 0.3) is 0 Å². The number of aliphatic hydroxyl groups excluding tert-OH is 2. The average Bonchev–Trinajstić information content (AvgIpc) is 2.89. The normalized spacial score (nSPS) is 37.0. The van der Waals surface area contributed by atoms with Crippen molar-refractivity contribution < 1.29 is 10.2 Å². The van der Waals surface area contributed by atoms with Crippen molar-refractivity contribution in [2.75, 3.05) is 0 Å². The van der Waals surface area contributed by atoms with Crippen molar-refractivity contribution in [2.45, 2.75) is 59.0 Å². The molecule has 2 aliphatic carbocycles. The van der Waals surface area contributed by atoms with Crippen LogP contribution in [0.3, 0.4) is 0 Å². The molecule has 0 aromatic carbocycles. The first kappa shape index (κ1) is 15.6. The lowest BCUT2D eigenvalue weighted by atomic mass is 9.75. The summed E-state index contributed by atoms with van der Waals surface area (Å²) in [6.45, 7) is 10.3. The summed E-state index contributed by atoms with van der Waals surface area (Å²) in [4.78, 5) is 0. The predicted molar refractivity (Wildman–Crippen MR) is 83.4 cm³/mol. The third-order valence-corrected chi connectivity index (χ3v) is 5.69. The van der Waals surface area contributed by atoms with Crippen molar-refractivity contribution in [2.24, 2.45) is 29.6 Å². The lowest BCUT2D eigenvalue weighted by Gasteiger charge is -2.31. The summed E-state index contributed by atoms with van der Waals surface area (Å²) >= 11 is 0. The largest absolute Gasteiger partial charge is 0.512 e. The van der Waals surface area contributed by atoms with E-state index in [1.807, 2.05) is 6.92 Å². The molecule has 2 N–H and O–H groups in total. The molecule has 6 atom stereocenters. The molecule has 114 valence electrons. The van der Waals surface area contributed by atoms with Gasteiger partial charge in [-0.1, -0.05) is 32.4 Å². The first-order chi connectivity index (χ1) is 9.47. The smallest absolute Gasteiger partial charge is 0.0908 e. The highest BCUT2D eigenvalue weighted by molar-refractivity contribution is 5.12. The molecule has 0 aliphatic heterocycles. The number of aliphatic hydroxyl groups is 2. The molecule has 2 unspecified atom stereocenters. The molecular formula is C18H30O2. The maximum atomic E-state index is 10.5. The van der Waals surface area contributed by atoms with E-state index < -0.39 is 0 Å². The van der Waals surface area contributed by atoms with Crippen LogP contribution in [-0.2, 0) is 0 Å². The lowest BCUT2D eigenvalue weighted by molar-refractivity contribution is 0.0664. The Balaban J connectivity index is 2.08. The molecule has 0 aromatic rings. The van der Waals surface area contributed by atoms with Crippen LogP contribution in [0, 0.1) is 29.6 Å². The molecule has 2 aliphatic rings. The molecule has 0 radical (unpaired) electrons. The molecule has 0 bridgehead atoms. The highest BCUT2D eigenvalue weighted by Gasteiger charge is 2.48. The minimum atomic E-state index is -0.150. The van der Waals surface area contributed by atoms with Gasteiger partial charge in [-0.2, -0.15) is 0 Å². The van der Waals surface area contributed by atoms with Crippen molar-refractivity contribution >= 4 is 0 Å². The van der Waals surface area contributed by atoms with Crippen LogP contribution in [-0.4, -0.2) is 16.3 Å². The zero-order valence-corrected chi connectivity index (χ0v) is 13.2. The number of allylic oxidation sites excluding steroid dienone is 3. The monoisotopic (exact) mass is 278 g/mol. The Hall–Kier alpha value is -0.760. The topological polar surface area (TPSA) is 40.5 Å². The maximum Gasteiger partial charge on any atom is 0.0908 e. The molecule has 2 rings (SSSR count). The molecule has 0 amide bonds. The van der Waals surface area contributed by atoms with Gasteiger partial charge >= 0.3 is 0 Å². The van der Waals surface area contributed by atoms with Gasteiger partial charge in [-0.3, -0.25) is 0 Å². The van der Waals surface area contributed by atoms with Gasteiger partial charge in [0.05, 0.1) is 11.9 Å². The van der Waals surface area contributed by atoms with Gasteiger partial charge in [-0.25, -0.2) is 0 Å². The first-order valence-corrected chi connectivity index (χ1v) is 8.17. The second-order valence-electron chi connectivity index (χ2n) is 6.98. The van der Waals surface area contributed by atoms with Crippen molar-refractivity contribution in [1.29, 1.82) is 0 Å². The Morgan fingerprint density at radius 2 is 2.15 bits per heavy atom. The molecule has 2 nitrogen and oxygen atoms in total. The zero-order valence-electron chi connectivity index (χ0n) is 13.2. The molecule has 0 heterocycles. The minimum absolute atomic E-state index is 0.150. The molecule has 20 heavy (non-hydrogen) atoms. The van der Waals surface area contributed by atoms with Gasteiger partial charge in [0.2, 0.25) is 0 Å². The Morgan fingerprint density at radius 1 is 1.45 bits per heavy atom. The zero-order chi connectivity index (χ0) is 14.9. The average molecular weight is 278 g/mol. The fourth-order valence-electron chi connectivity index (χ4n) is 4.69. The summed E-state index contributed by atoms with van der Waals surface area (Å²) in [6, 6.07) is 0. The molecule has 0 saturated heterocycles. The number of hydrogen-bond acceptors (Lipinski definition) is 2. The Kier molecular flexibility index (Phi) is 4.95. The van der Waals surface area contributed by atoms with Crippen molar-refractivity contribution in [3.8, 4) is 0 Å². The third kappa shape index (κ3) is 2.95. The first-order valence-electron chi connectivity index (χ1n) is 8.17. The van der Waals surface area contributed by atoms with Crippen LogP contribution in [0.15, 0.2) is 24.0 Å².